The van der Waals surface area contributed by atoms with Gasteiger partial charge in [-0.3, -0.25) is 0 Å². The van der Waals surface area contributed by atoms with Crippen LogP contribution in [-0.4, -0.2) is 54.2 Å². The highest BCUT2D eigenvalue weighted by Crippen LogP contribution is 2.38. The van der Waals surface area contributed by atoms with Crippen LogP contribution in [0.5, 0.6) is 0 Å². The lowest BCUT2D eigenvalue weighted by Gasteiger charge is -2.34. The summed E-state index contributed by atoms with van der Waals surface area (Å²) < 4.78 is 57.1. The first kappa shape index (κ1) is 21.7. The van der Waals surface area contributed by atoms with E-state index in [1.54, 1.807) is 16.5 Å². The number of nitrogens with zero attached hydrogens (tertiary/aromatic N) is 4. The van der Waals surface area contributed by atoms with E-state index in [0.717, 1.165) is 55.0 Å². The van der Waals surface area contributed by atoms with Crippen molar-refractivity contribution in [2.45, 2.75) is 49.6 Å². The van der Waals surface area contributed by atoms with Crippen molar-refractivity contribution in [1.82, 2.24) is 24.6 Å². The maximum Gasteiger partial charge on any atom is 0.291 e. The second-order valence-electron chi connectivity index (χ2n) is 8.75. The molecule has 3 aromatic heterocycles. The van der Waals surface area contributed by atoms with Crippen molar-refractivity contribution < 1.29 is 17.2 Å². The summed E-state index contributed by atoms with van der Waals surface area (Å²) in [7, 11) is -3.77. The van der Waals surface area contributed by atoms with Gasteiger partial charge >= 0.3 is 0 Å². The summed E-state index contributed by atoms with van der Waals surface area (Å²) in [5.41, 5.74) is 1.69. The van der Waals surface area contributed by atoms with Gasteiger partial charge in [0.15, 0.2) is 10.0 Å². The average molecular weight is 483 g/mol. The van der Waals surface area contributed by atoms with Gasteiger partial charge in [0.05, 0.1) is 16.9 Å². The maximum atomic E-state index is 13.2. The van der Waals surface area contributed by atoms with Crippen molar-refractivity contribution in [2.24, 2.45) is 0 Å². The Morgan fingerprint density at radius 3 is 2.75 bits per heavy atom. The maximum absolute atomic E-state index is 13.2. The minimum absolute atomic E-state index is 0.135. The number of hydrogen-bond donors (Lipinski definition) is 2. The van der Waals surface area contributed by atoms with Crippen LogP contribution >= 0.6 is 11.3 Å². The Labute approximate surface area is 188 Å². The number of hydrogen-bond acceptors (Lipinski definition) is 7. The Kier molecular flexibility index (Phi) is 5.23. The van der Waals surface area contributed by atoms with Crippen LogP contribution in [0.3, 0.4) is 0 Å². The summed E-state index contributed by atoms with van der Waals surface area (Å²) in [6.45, 7) is 6.19. The molecule has 2 N–H and O–H groups in total. The lowest BCUT2D eigenvalue weighted by Crippen LogP contribution is -2.49. The van der Waals surface area contributed by atoms with E-state index in [1.807, 2.05) is 13.0 Å². The van der Waals surface area contributed by atoms with Crippen molar-refractivity contribution in [3.8, 4) is 10.7 Å². The minimum Gasteiger partial charge on any atom is -0.367 e. The van der Waals surface area contributed by atoms with Crippen LogP contribution in [0.15, 0.2) is 29.3 Å². The van der Waals surface area contributed by atoms with Gasteiger partial charge < -0.3 is 14.6 Å². The monoisotopic (exact) mass is 482 g/mol. The fourth-order valence-electron chi connectivity index (χ4n) is 3.99. The lowest BCUT2D eigenvalue weighted by atomic mass is 10.2. The van der Waals surface area contributed by atoms with Crippen molar-refractivity contribution in [2.75, 3.05) is 24.5 Å². The van der Waals surface area contributed by atoms with Crippen LogP contribution in [0.1, 0.15) is 38.1 Å². The largest absolute Gasteiger partial charge is 0.367 e. The molecule has 2 aliphatic rings. The van der Waals surface area contributed by atoms with E-state index < -0.39 is 22.0 Å². The molecule has 1 aliphatic carbocycles. The molecule has 1 atom stereocenters. The van der Waals surface area contributed by atoms with Gasteiger partial charge in [-0.1, -0.05) is 11.3 Å². The van der Waals surface area contributed by atoms with Crippen molar-refractivity contribution >= 4 is 32.6 Å². The molecule has 1 saturated heterocycles. The van der Waals surface area contributed by atoms with Crippen LogP contribution in [0.2, 0.25) is 0 Å². The zero-order valence-corrected chi connectivity index (χ0v) is 19.3. The van der Waals surface area contributed by atoms with Gasteiger partial charge in [0.25, 0.3) is 6.43 Å². The molecule has 0 spiro atoms. The Morgan fingerprint density at radius 1 is 1.31 bits per heavy atom. The predicted octanol–water partition coefficient (Wildman–Crippen LogP) is 3.02. The number of sulfonamides is 1. The number of halogens is 2. The van der Waals surface area contributed by atoms with E-state index in [1.165, 1.54) is 6.20 Å². The molecular formula is C20H24F2N6O2S2. The second kappa shape index (κ2) is 7.72. The van der Waals surface area contributed by atoms with Crippen molar-refractivity contribution in [1.29, 1.82) is 0 Å². The molecule has 32 heavy (non-hydrogen) atoms. The second-order valence-corrected chi connectivity index (χ2v) is 11.4. The molecule has 0 radical (unpaired) electrons. The highest BCUT2D eigenvalue weighted by Gasteiger charge is 2.41. The van der Waals surface area contributed by atoms with Crippen LogP contribution in [-0.2, 0) is 10.0 Å². The van der Waals surface area contributed by atoms with Gasteiger partial charge in [-0.25, -0.2) is 21.9 Å². The molecule has 1 saturated carbocycles. The average Bonchev–Trinajstić information content (AvgIpc) is 3.14. The van der Waals surface area contributed by atoms with Gasteiger partial charge in [-0.15, -0.1) is 10.2 Å². The molecule has 3 aromatic rings. The Hall–Kier alpha value is -2.15. The first-order chi connectivity index (χ1) is 15.2. The fraction of sp³-hybridized carbons (Fsp3) is 0.500. The molecule has 4 heterocycles. The van der Waals surface area contributed by atoms with Gasteiger partial charge in [-0.05, 0) is 44.9 Å². The molecular weight excluding hydrogens is 458 g/mol. The third-order valence-corrected chi connectivity index (χ3v) is 8.52. The van der Waals surface area contributed by atoms with Crippen LogP contribution < -0.4 is 14.9 Å². The molecule has 0 aromatic carbocycles. The fourth-order valence-corrected chi connectivity index (χ4v) is 6.20. The Morgan fingerprint density at radius 2 is 2.09 bits per heavy atom. The summed E-state index contributed by atoms with van der Waals surface area (Å²) in [4.78, 5) is 2.29. The number of rotatable bonds is 6. The van der Waals surface area contributed by atoms with Crippen LogP contribution in [0.25, 0.3) is 16.2 Å². The minimum atomic E-state index is -3.77. The van der Waals surface area contributed by atoms with E-state index in [0.29, 0.717) is 10.7 Å². The summed E-state index contributed by atoms with van der Waals surface area (Å²) in [5, 5.41) is 10.9. The number of nitrogens with one attached hydrogen (secondary N) is 2. The van der Waals surface area contributed by atoms with E-state index in [4.69, 9.17) is 0 Å². The van der Waals surface area contributed by atoms with Gasteiger partial charge in [0, 0.05) is 37.4 Å². The summed E-state index contributed by atoms with van der Waals surface area (Å²) in [6, 6.07) is 5.59. The van der Waals surface area contributed by atoms with Crippen LogP contribution in [0, 0.1) is 0 Å². The summed E-state index contributed by atoms with van der Waals surface area (Å²) >= 11 is 0.807. The van der Waals surface area contributed by atoms with Gasteiger partial charge in [0.1, 0.15) is 4.90 Å². The van der Waals surface area contributed by atoms with E-state index >= 15 is 0 Å². The van der Waals surface area contributed by atoms with E-state index in [9.17, 15) is 17.2 Å². The van der Waals surface area contributed by atoms with Crippen molar-refractivity contribution in [3.63, 3.8) is 0 Å². The molecule has 1 aliphatic heterocycles. The number of piperazine rings is 1. The zero-order chi connectivity index (χ0) is 22.7. The molecule has 12 heteroatoms. The number of aromatic nitrogens is 3. The summed E-state index contributed by atoms with van der Waals surface area (Å²) in [6.07, 6.45) is 0.432. The molecule has 0 amide bonds. The first-order valence-electron chi connectivity index (χ1n) is 10.4. The smallest absolute Gasteiger partial charge is 0.291 e. The molecule has 8 nitrogen and oxygen atoms in total. The molecule has 0 unspecified atom stereocenters. The highest BCUT2D eigenvalue weighted by molar-refractivity contribution is 7.89. The SMILES string of the molecule is C[C@H]1CN(c2cc(S(=O)(=O)NC3(C)CC3)cn3c(-c4nnc(C(F)F)s4)ccc23)CCN1. The third-order valence-electron chi connectivity index (χ3n) is 5.96. The van der Waals surface area contributed by atoms with E-state index in [2.05, 4.69) is 32.1 Å². The summed E-state index contributed by atoms with van der Waals surface area (Å²) in [5.74, 6) is 0. The third kappa shape index (κ3) is 4.00. The standard InChI is InChI=1S/C20H24F2N6O2S2/c1-12-10-27(8-7-23-12)16-9-13(32(29,30)26-20(2)5-6-20)11-28-14(16)3-4-15(28)18-24-25-19(31-18)17(21)22/h3-4,9,11-12,17,23,26H,5-8,10H2,1-2H3/t12-/m0/s1. The first-order valence-corrected chi connectivity index (χ1v) is 12.7. The lowest BCUT2D eigenvalue weighted by molar-refractivity contribution is 0.150. The number of fused-ring (bicyclic) bond motifs is 1. The number of alkyl halides is 2. The molecule has 5 rings (SSSR count). The van der Waals surface area contributed by atoms with Crippen LogP contribution in [0.4, 0.5) is 14.5 Å². The number of anilines is 1. The Bertz CT molecular complexity index is 1270. The molecule has 172 valence electrons. The molecule has 2 fully saturated rings. The van der Waals surface area contributed by atoms with Crippen molar-refractivity contribution in [3.05, 3.63) is 29.4 Å². The Balaban J connectivity index is 1.66. The highest BCUT2D eigenvalue weighted by atomic mass is 32.2. The quantitative estimate of drug-likeness (QED) is 0.561. The topological polar surface area (TPSA) is 91.6 Å². The zero-order valence-electron chi connectivity index (χ0n) is 17.7. The van der Waals surface area contributed by atoms with Gasteiger partial charge in [0.2, 0.25) is 10.0 Å². The normalized spacial score (nSPS) is 20.9. The molecule has 0 bridgehead atoms. The van der Waals surface area contributed by atoms with E-state index in [-0.39, 0.29) is 15.9 Å². The predicted molar refractivity (Wildman–Crippen MR) is 119 cm³/mol. The number of pyridine rings is 1. The van der Waals surface area contributed by atoms with Gasteiger partial charge in [-0.2, -0.15) is 0 Å².